The molecule has 2 heterocycles. The summed E-state index contributed by atoms with van der Waals surface area (Å²) in [6, 6.07) is 17.3. The molecule has 1 aliphatic heterocycles. The van der Waals surface area contributed by atoms with Gasteiger partial charge in [0.15, 0.2) is 0 Å². The number of halogens is 2. The predicted octanol–water partition coefficient (Wildman–Crippen LogP) is 5.05. The monoisotopic (exact) mass is 719 g/mol. The van der Waals surface area contributed by atoms with Gasteiger partial charge in [0.2, 0.25) is 17.7 Å². The second kappa shape index (κ2) is 16.5. The molecule has 4 aromatic rings. The molecule has 6 rings (SSSR count). The first-order valence-electron chi connectivity index (χ1n) is 16.9. The lowest BCUT2D eigenvalue weighted by atomic mass is 9.81. The number of carbonyl (C=O) groups excluding carboxylic acids is 4. The third-order valence-electron chi connectivity index (χ3n) is 9.74. The van der Waals surface area contributed by atoms with Gasteiger partial charge in [-0.2, -0.15) is 5.10 Å². The van der Waals surface area contributed by atoms with Crippen molar-refractivity contribution in [1.29, 1.82) is 0 Å². The molecule has 1 aromatic heterocycles. The van der Waals surface area contributed by atoms with Gasteiger partial charge in [-0.1, -0.05) is 41.9 Å². The summed E-state index contributed by atoms with van der Waals surface area (Å²) in [5, 5.41) is 19.7. The van der Waals surface area contributed by atoms with Gasteiger partial charge in [0, 0.05) is 35.5 Å². The number of benzene rings is 3. The molecule has 2 atom stereocenters. The number of aromatic nitrogens is 2. The number of H-pyrrole nitrogens is 1. The quantitative estimate of drug-likeness (QED) is 0.134. The van der Waals surface area contributed by atoms with Crippen molar-refractivity contribution in [3.8, 4) is 11.1 Å². The van der Waals surface area contributed by atoms with Crippen LogP contribution in [0.1, 0.15) is 60.0 Å². The molecule has 3 aromatic carbocycles. The van der Waals surface area contributed by atoms with Crippen molar-refractivity contribution in [3.05, 3.63) is 82.5 Å². The molecule has 0 spiro atoms. The van der Waals surface area contributed by atoms with Crippen LogP contribution in [0, 0.1) is 18.8 Å². The molecule has 7 N–H and O–H groups in total. The number of nitrogens with one attached hydrogen (secondary N) is 5. The number of anilines is 1. The molecule has 0 unspecified atom stereocenters. The SMILES string of the molecule is Cc1cc(C(=O)N[C@H]2CCCNC2=O)ccc1-c1ccc(C[C@H](NC(=O)C2CCC(CN)CC2)C(=O)Nc2ccc3c(Cl)[nH]nc3c2)cc1.Cl. The Labute approximate surface area is 302 Å². The molecule has 13 heteroatoms. The summed E-state index contributed by atoms with van der Waals surface area (Å²) in [6.45, 7) is 3.20. The fourth-order valence-corrected chi connectivity index (χ4v) is 6.98. The zero-order valence-electron chi connectivity index (χ0n) is 27.9. The fraction of sp³-hybridized carbons (Fsp3) is 0.378. The van der Waals surface area contributed by atoms with Crippen LogP contribution in [-0.4, -0.2) is 59.0 Å². The van der Waals surface area contributed by atoms with E-state index in [-0.39, 0.29) is 42.0 Å². The molecular formula is C37H43Cl2N7O4. The molecule has 11 nitrogen and oxygen atoms in total. The van der Waals surface area contributed by atoms with Gasteiger partial charge in [-0.25, -0.2) is 0 Å². The Balaban J connectivity index is 0.00000486. The number of fused-ring (bicyclic) bond motifs is 1. The lowest BCUT2D eigenvalue weighted by Gasteiger charge is -2.28. The summed E-state index contributed by atoms with van der Waals surface area (Å²) in [5.41, 5.74) is 11.2. The molecule has 264 valence electrons. The second-order valence-electron chi connectivity index (χ2n) is 13.2. The van der Waals surface area contributed by atoms with Crippen LogP contribution < -0.4 is 27.0 Å². The maximum Gasteiger partial charge on any atom is 0.251 e. The summed E-state index contributed by atoms with van der Waals surface area (Å²) < 4.78 is 0. The van der Waals surface area contributed by atoms with Crippen LogP contribution >= 0.6 is 24.0 Å². The van der Waals surface area contributed by atoms with E-state index in [0.717, 1.165) is 59.7 Å². The van der Waals surface area contributed by atoms with Gasteiger partial charge >= 0.3 is 0 Å². The summed E-state index contributed by atoms with van der Waals surface area (Å²) in [4.78, 5) is 52.1. The average molecular weight is 721 g/mol. The molecule has 50 heavy (non-hydrogen) atoms. The minimum atomic E-state index is -0.810. The Morgan fingerprint density at radius 2 is 1.76 bits per heavy atom. The second-order valence-corrected chi connectivity index (χ2v) is 13.5. The van der Waals surface area contributed by atoms with Gasteiger partial charge in [0.25, 0.3) is 5.91 Å². The molecule has 0 bridgehead atoms. The zero-order valence-corrected chi connectivity index (χ0v) is 29.5. The van der Waals surface area contributed by atoms with Gasteiger partial charge in [0.05, 0.1) is 5.52 Å². The minimum Gasteiger partial charge on any atom is -0.354 e. The third kappa shape index (κ3) is 8.64. The Morgan fingerprint density at radius 1 is 1.00 bits per heavy atom. The molecule has 1 saturated heterocycles. The molecule has 0 radical (unpaired) electrons. The number of rotatable bonds is 10. The van der Waals surface area contributed by atoms with E-state index in [2.05, 4.69) is 31.5 Å². The van der Waals surface area contributed by atoms with Gasteiger partial charge in [-0.3, -0.25) is 24.3 Å². The topological polar surface area (TPSA) is 171 Å². The van der Waals surface area contributed by atoms with E-state index >= 15 is 0 Å². The van der Waals surface area contributed by atoms with E-state index in [1.807, 2.05) is 43.3 Å². The number of aromatic amines is 1. The van der Waals surface area contributed by atoms with Gasteiger partial charge in [-0.05, 0) is 110 Å². The number of amides is 4. The Bertz CT molecular complexity index is 1850. The maximum absolute atomic E-state index is 13.7. The van der Waals surface area contributed by atoms with Crippen LogP contribution in [0.15, 0.2) is 60.7 Å². The van der Waals surface area contributed by atoms with Crippen LogP contribution in [0.25, 0.3) is 22.0 Å². The number of hydrogen-bond acceptors (Lipinski definition) is 6. The van der Waals surface area contributed by atoms with Crippen molar-refractivity contribution in [2.24, 2.45) is 17.6 Å². The number of aryl methyl sites for hydroxylation is 1. The Kier molecular flexibility index (Phi) is 12.2. The van der Waals surface area contributed by atoms with Crippen molar-refractivity contribution in [2.75, 3.05) is 18.4 Å². The largest absolute Gasteiger partial charge is 0.354 e. The number of carbonyl (C=O) groups is 4. The Morgan fingerprint density at radius 3 is 2.46 bits per heavy atom. The van der Waals surface area contributed by atoms with Gasteiger partial charge in [0.1, 0.15) is 17.2 Å². The first-order valence-corrected chi connectivity index (χ1v) is 17.3. The summed E-state index contributed by atoms with van der Waals surface area (Å²) in [6.07, 6.45) is 5.06. The number of piperidine rings is 1. The highest BCUT2D eigenvalue weighted by Crippen LogP contribution is 2.29. The molecule has 2 fully saturated rings. The van der Waals surface area contributed by atoms with Crippen LogP contribution in [0.2, 0.25) is 5.15 Å². The smallest absolute Gasteiger partial charge is 0.251 e. The lowest BCUT2D eigenvalue weighted by molar-refractivity contribution is -0.130. The third-order valence-corrected chi connectivity index (χ3v) is 10.0. The van der Waals surface area contributed by atoms with Crippen LogP contribution in [0.3, 0.4) is 0 Å². The van der Waals surface area contributed by atoms with Crippen molar-refractivity contribution in [2.45, 2.75) is 64.0 Å². The fourth-order valence-electron chi connectivity index (χ4n) is 6.78. The number of hydrogen-bond donors (Lipinski definition) is 6. The van der Waals surface area contributed by atoms with Crippen LogP contribution in [0.5, 0.6) is 0 Å². The van der Waals surface area contributed by atoms with Gasteiger partial charge < -0.3 is 27.0 Å². The molecule has 4 amide bonds. The van der Waals surface area contributed by atoms with Crippen molar-refractivity contribution >= 4 is 64.2 Å². The van der Waals surface area contributed by atoms with E-state index in [4.69, 9.17) is 17.3 Å². The van der Waals surface area contributed by atoms with Crippen molar-refractivity contribution in [3.63, 3.8) is 0 Å². The van der Waals surface area contributed by atoms with E-state index in [0.29, 0.717) is 53.8 Å². The Hall–Kier alpha value is -4.45. The van der Waals surface area contributed by atoms with Gasteiger partial charge in [-0.15, -0.1) is 12.4 Å². The first kappa shape index (κ1) is 36.8. The molecule has 1 aliphatic carbocycles. The molecule has 2 aliphatic rings. The summed E-state index contributed by atoms with van der Waals surface area (Å²) in [7, 11) is 0. The van der Waals surface area contributed by atoms with Crippen molar-refractivity contribution in [1.82, 2.24) is 26.1 Å². The normalized spacial score (nSPS) is 19.5. The van der Waals surface area contributed by atoms with E-state index in [9.17, 15) is 19.2 Å². The number of nitrogens with zero attached hydrogens (tertiary/aromatic N) is 1. The summed E-state index contributed by atoms with van der Waals surface area (Å²) >= 11 is 6.15. The lowest BCUT2D eigenvalue weighted by Crippen LogP contribution is -2.50. The van der Waals surface area contributed by atoms with E-state index in [1.165, 1.54) is 0 Å². The van der Waals surface area contributed by atoms with Crippen LogP contribution in [-0.2, 0) is 20.8 Å². The van der Waals surface area contributed by atoms with E-state index in [1.54, 1.807) is 24.3 Å². The predicted molar refractivity (Wildman–Crippen MR) is 197 cm³/mol. The van der Waals surface area contributed by atoms with Crippen LogP contribution in [0.4, 0.5) is 5.69 Å². The molecular weight excluding hydrogens is 677 g/mol. The highest BCUT2D eigenvalue weighted by molar-refractivity contribution is 6.34. The van der Waals surface area contributed by atoms with Crippen molar-refractivity contribution < 1.29 is 19.2 Å². The van der Waals surface area contributed by atoms with E-state index < -0.39 is 12.1 Å². The zero-order chi connectivity index (χ0) is 34.5. The maximum atomic E-state index is 13.7. The minimum absolute atomic E-state index is 0. The average Bonchev–Trinajstić information content (AvgIpc) is 3.48. The highest BCUT2D eigenvalue weighted by Gasteiger charge is 2.30. The summed E-state index contributed by atoms with van der Waals surface area (Å²) in [5.74, 6) is -0.596. The first-order chi connectivity index (χ1) is 23.7. The highest BCUT2D eigenvalue weighted by atomic mass is 35.5. The molecule has 1 saturated carbocycles. The standard InChI is InChI=1S/C37H42ClN7O4.ClH/c1-21-17-26(35(47)42-30-3-2-16-40-36(30)48)12-14-28(21)24-8-4-22(5-9-24)18-32(43-34(46)25-10-6-23(20-39)7-11-25)37(49)41-27-13-15-29-31(19-27)44-45-33(29)38;/h4-5,8-9,12-15,17,19,23,25,30,32H,2-3,6-7,10-11,16,18,20,39H2,1H3,(H,40,48)(H,41,49)(H,42,47)(H,43,46)(H,44,45);1H/t23?,25?,30-,32-;/m0./s1. The number of nitrogens with two attached hydrogens (primary N) is 1.